The zero-order chi connectivity index (χ0) is 16.7. The molecule has 2 N–H and O–H groups in total. The molecule has 0 radical (unpaired) electrons. The van der Waals surface area contributed by atoms with Crippen LogP contribution < -0.4 is 16.0 Å². The number of aromatic amines is 2. The van der Waals surface area contributed by atoms with Gasteiger partial charge in [-0.1, -0.05) is 0 Å². The molecule has 0 fully saturated rings. The van der Waals surface area contributed by atoms with E-state index in [1.165, 1.54) is 6.07 Å². The van der Waals surface area contributed by atoms with E-state index in [0.717, 1.165) is 55.3 Å². The van der Waals surface area contributed by atoms with Gasteiger partial charge in [-0.3, -0.25) is 14.4 Å². The lowest BCUT2D eigenvalue weighted by atomic mass is 9.91. The highest BCUT2D eigenvalue weighted by atomic mass is 16.2. The highest BCUT2D eigenvalue weighted by molar-refractivity contribution is 6.07. The van der Waals surface area contributed by atoms with E-state index in [1.807, 2.05) is 6.07 Å². The highest BCUT2D eigenvalue weighted by Gasteiger charge is 2.29. The Morgan fingerprint density at radius 3 is 2.79 bits per heavy atom. The van der Waals surface area contributed by atoms with E-state index < -0.39 is 0 Å². The molecular formula is C18H19N3O3. The summed E-state index contributed by atoms with van der Waals surface area (Å²) in [6.07, 6.45) is 6.83. The Hall–Kier alpha value is -2.63. The molecule has 1 aliphatic heterocycles. The molecule has 2 aromatic rings. The second-order valence-corrected chi connectivity index (χ2v) is 6.45. The van der Waals surface area contributed by atoms with Crippen LogP contribution in [0.2, 0.25) is 0 Å². The molecule has 0 unspecified atom stereocenters. The summed E-state index contributed by atoms with van der Waals surface area (Å²) >= 11 is 0. The molecular weight excluding hydrogens is 306 g/mol. The molecule has 3 heterocycles. The predicted octanol–water partition coefficient (Wildman–Crippen LogP) is 1.54. The van der Waals surface area contributed by atoms with Crippen molar-refractivity contribution >= 4 is 11.6 Å². The molecule has 1 amide bonds. The van der Waals surface area contributed by atoms with Crippen molar-refractivity contribution in [2.24, 2.45) is 0 Å². The molecule has 0 atom stereocenters. The first-order valence-corrected chi connectivity index (χ1v) is 8.42. The van der Waals surface area contributed by atoms with Crippen LogP contribution in [0.3, 0.4) is 0 Å². The lowest BCUT2D eigenvalue weighted by Crippen LogP contribution is -2.40. The summed E-state index contributed by atoms with van der Waals surface area (Å²) in [5.74, 6) is -0.239. The second kappa shape index (κ2) is 5.78. The first kappa shape index (κ1) is 14.9. The summed E-state index contributed by atoms with van der Waals surface area (Å²) in [6.45, 7) is 0.500. The van der Waals surface area contributed by atoms with Crippen molar-refractivity contribution in [3.63, 3.8) is 0 Å². The third-order valence-corrected chi connectivity index (χ3v) is 4.93. The van der Waals surface area contributed by atoms with Crippen molar-refractivity contribution in [1.82, 2.24) is 9.97 Å². The Kier molecular flexibility index (Phi) is 3.59. The number of carbonyl (C=O) groups is 1. The smallest absolute Gasteiger partial charge is 0.272 e. The number of nitrogens with zero attached hydrogens (tertiary/aromatic N) is 1. The third-order valence-electron chi connectivity index (χ3n) is 4.93. The van der Waals surface area contributed by atoms with Crippen molar-refractivity contribution < 1.29 is 4.79 Å². The minimum atomic E-state index is -0.252. The van der Waals surface area contributed by atoms with Crippen LogP contribution >= 0.6 is 0 Å². The number of hydrogen-bond donors (Lipinski definition) is 2. The van der Waals surface area contributed by atoms with E-state index in [1.54, 1.807) is 11.1 Å². The fraction of sp³-hybridized carbons (Fsp3) is 0.389. The SMILES string of the molecule is O=C(c1cc(=O)[nH]c2c1CCCC2)N1CCCc2cc[nH]c(=O)c21. The standard InChI is InChI=1S/C18H19N3O3/c22-15-10-13(12-5-1-2-6-14(12)20-15)18(24)21-9-3-4-11-7-8-19-17(23)16(11)21/h7-8,10H,1-6,9H2,(H,19,23)(H,20,22). The maximum Gasteiger partial charge on any atom is 0.272 e. The van der Waals surface area contributed by atoms with Crippen LogP contribution in [-0.2, 0) is 19.3 Å². The van der Waals surface area contributed by atoms with Gasteiger partial charge in [-0.25, -0.2) is 0 Å². The van der Waals surface area contributed by atoms with Crippen LogP contribution in [0.25, 0.3) is 0 Å². The van der Waals surface area contributed by atoms with Gasteiger partial charge in [0.25, 0.3) is 11.5 Å². The number of hydrogen-bond acceptors (Lipinski definition) is 3. The third kappa shape index (κ3) is 2.38. The normalized spacial score (nSPS) is 16.4. The molecule has 0 saturated carbocycles. The van der Waals surface area contributed by atoms with Gasteiger partial charge < -0.3 is 14.9 Å². The lowest BCUT2D eigenvalue weighted by Gasteiger charge is -2.29. The zero-order valence-corrected chi connectivity index (χ0v) is 13.4. The van der Waals surface area contributed by atoms with Gasteiger partial charge in [-0.05, 0) is 55.7 Å². The number of rotatable bonds is 1. The van der Waals surface area contributed by atoms with Crippen LogP contribution in [0, 0.1) is 0 Å². The number of pyridine rings is 2. The first-order valence-electron chi connectivity index (χ1n) is 8.42. The highest BCUT2D eigenvalue weighted by Crippen LogP contribution is 2.27. The Morgan fingerprint density at radius 1 is 1.08 bits per heavy atom. The van der Waals surface area contributed by atoms with E-state index in [0.29, 0.717) is 17.8 Å². The van der Waals surface area contributed by atoms with E-state index in [4.69, 9.17) is 0 Å². The largest absolute Gasteiger partial charge is 0.327 e. The maximum absolute atomic E-state index is 13.2. The van der Waals surface area contributed by atoms with Crippen LogP contribution in [0.4, 0.5) is 5.69 Å². The Labute approximate surface area is 138 Å². The molecule has 4 rings (SSSR count). The Balaban J connectivity index is 1.83. The molecule has 124 valence electrons. The van der Waals surface area contributed by atoms with Gasteiger partial charge in [-0.2, -0.15) is 0 Å². The Bertz CT molecular complexity index is 926. The van der Waals surface area contributed by atoms with E-state index in [-0.39, 0.29) is 17.0 Å². The molecule has 1 aliphatic carbocycles. The minimum Gasteiger partial charge on any atom is -0.327 e. The maximum atomic E-state index is 13.2. The van der Waals surface area contributed by atoms with Gasteiger partial charge in [0.2, 0.25) is 5.56 Å². The quantitative estimate of drug-likeness (QED) is 0.834. The van der Waals surface area contributed by atoms with Gasteiger partial charge >= 0.3 is 0 Å². The number of aryl methyl sites for hydroxylation is 2. The van der Waals surface area contributed by atoms with Crippen molar-refractivity contribution in [3.8, 4) is 0 Å². The van der Waals surface area contributed by atoms with Crippen molar-refractivity contribution in [2.45, 2.75) is 38.5 Å². The first-order chi connectivity index (χ1) is 11.6. The average molecular weight is 325 g/mol. The van der Waals surface area contributed by atoms with Crippen LogP contribution in [0.1, 0.15) is 46.4 Å². The Morgan fingerprint density at radius 2 is 1.92 bits per heavy atom. The van der Waals surface area contributed by atoms with E-state index >= 15 is 0 Å². The molecule has 6 nitrogen and oxygen atoms in total. The number of anilines is 1. The summed E-state index contributed by atoms with van der Waals surface area (Å²) in [7, 11) is 0. The van der Waals surface area contributed by atoms with Crippen LogP contribution in [0.5, 0.6) is 0 Å². The van der Waals surface area contributed by atoms with Gasteiger partial charge in [-0.15, -0.1) is 0 Å². The monoisotopic (exact) mass is 325 g/mol. The molecule has 0 spiro atoms. The van der Waals surface area contributed by atoms with E-state index in [9.17, 15) is 14.4 Å². The van der Waals surface area contributed by atoms with Crippen LogP contribution in [0.15, 0.2) is 27.9 Å². The van der Waals surface area contributed by atoms with Gasteiger partial charge in [0, 0.05) is 24.5 Å². The zero-order valence-electron chi connectivity index (χ0n) is 13.4. The topological polar surface area (TPSA) is 86.0 Å². The number of carbonyl (C=O) groups excluding carboxylic acids is 1. The number of fused-ring (bicyclic) bond motifs is 2. The average Bonchev–Trinajstić information content (AvgIpc) is 2.60. The second-order valence-electron chi connectivity index (χ2n) is 6.45. The summed E-state index contributed by atoms with van der Waals surface area (Å²) in [5.41, 5.74) is 3.07. The van der Waals surface area contributed by atoms with Crippen LogP contribution in [-0.4, -0.2) is 22.4 Å². The minimum absolute atomic E-state index is 0.239. The molecule has 0 aromatic carbocycles. The summed E-state index contributed by atoms with van der Waals surface area (Å²) in [5, 5.41) is 0. The molecule has 2 aliphatic rings. The van der Waals surface area contributed by atoms with Crippen molar-refractivity contribution in [3.05, 3.63) is 61.4 Å². The summed E-state index contributed by atoms with van der Waals surface area (Å²) in [6, 6.07) is 3.24. The van der Waals surface area contributed by atoms with Gasteiger partial charge in [0.05, 0.1) is 5.56 Å². The number of H-pyrrole nitrogens is 2. The summed E-state index contributed by atoms with van der Waals surface area (Å²) < 4.78 is 0. The number of amides is 1. The number of aromatic nitrogens is 2. The van der Waals surface area contributed by atoms with Crippen molar-refractivity contribution in [1.29, 1.82) is 0 Å². The summed E-state index contributed by atoms with van der Waals surface area (Å²) in [4.78, 5) is 44.4. The van der Waals surface area contributed by atoms with Crippen molar-refractivity contribution in [2.75, 3.05) is 11.4 Å². The predicted molar refractivity (Wildman–Crippen MR) is 90.8 cm³/mol. The lowest BCUT2D eigenvalue weighted by molar-refractivity contribution is 0.0983. The van der Waals surface area contributed by atoms with E-state index in [2.05, 4.69) is 9.97 Å². The fourth-order valence-corrected chi connectivity index (χ4v) is 3.83. The molecule has 0 saturated heterocycles. The molecule has 0 bridgehead atoms. The number of nitrogens with one attached hydrogen (secondary N) is 2. The molecule has 6 heteroatoms. The molecule has 24 heavy (non-hydrogen) atoms. The molecule has 2 aromatic heterocycles. The fourth-order valence-electron chi connectivity index (χ4n) is 3.83. The van der Waals surface area contributed by atoms with Gasteiger partial charge in [0.15, 0.2) is 0 Å². The van der Waals surface area contributed by atoms with Gasteiger partial charge in [0.1, 0.15) is 5.69 Å².